The second-order valence-electron chi connectivity index (χ2n) is 18.8. The maximum atomic E-state index is 12.8. The predicted molar refractivity (Wildman–Crippen MR) is 288 cm³/mol. The van der Waals surface area contributed by atoms with Crippen molar-refractivity contribution in [2.45, 2.75) is 284 Å². The Labute approximate surface area is 414 Å². The molecule has 0 fully saturated rings. The molecule has 1 unspecified atom stereocenters. The molecule has 6 heteroatoms. The van der Waals surface area contributed by atoms with E-state index in [1.165, 1.54) is 135 Å². The summed E-state index contributed by atoms with van der Waals surface area (Å²) in [4.78, 5) is 37.9. The van der Waals surface area contributed by atoms with E-state index in [2.05, 4.69) is 93.7 Å². The molecule has 0 N–H and O–H groups in total. The van der Waals surface area contributed by atoms with Crippen LogP contribution in [0.5, 0.6) is 0 Å². The minimum atomic E-state index is -0.783. The monoisotopic (exact) mass is 935 g/mol. The van der Waals surface area contributed by atoms with Crippen LogP contribution in [0.2, 0.25) is 0 Å². The Kier molecular flexibility index (Phi) is 52.8. The van der Waals surface area contributed by atoms with Gasteiger partial charge in [-0.3, -0.25) is 14.4 Å². The molecule has 0 rings (SSSR count). The van der Waals surface area contributed by atoms with E-state index in [9.17, 15) is 14.4 Å². The molecule has 0 heterocycles. The lowest BCUT2D eigenvalue weighted by molar-refractivity contribution is -0.167. The fourth-order valence-corrected chi connectivity index (χ4v) is 7.87. The summed E-state index contributed by atoms with van der Waals surface area (Å²) in [5, 5.41) is 0. The van der Waals surface area contributed by atoms with Gasteiger partial charge in [-0.15, -0.1) is 0 Å². The van der Waals surface area contributed by atoms with Gasteiger partial charge in [0.15, 0.2) is 6.10 Å². The SMILES string of the molecule is CCCCC/C=C\C/C=C\C/C=C\CCCCCCCCC(=O)OC(COC(=O)CCCCCCCCC)COC(=O)CCCCCCCCCC/C=C\C/C=C\C/C=C\CCCCCCC. The minimum Gasteiger partial charge on any atom is -0.462 e. The molecule has 0 aromatic carbocycles. The van der Waals surface area contributed by atoms with Gasteiger partial charge in [-0.1, -0.05) is 235 Å². The van der Waals surface area contributed by atoms with Gasteiger partial charge >= 0.3 is 17.9 Å². The third-order valence-corrected chi connectivity index (χ3v) is 12.2. The average Bonchev–Trinajstić information content (AvgIpc) is 3.33. The lowest BCUT2D eigenvalue weighted by Gasteiger charge is -2.18. The normalized spacial score (nSPS) is 12.6. The van der Waals surface area contributed by atoms with Crippen LogP contribution < -0.4 is 0 Å². The van der Waals surface area contributed by atoms with E-state index in [-0.39, 0.29) is 31.1 Å². The van der Waals surface area contributed by atoms with Crippen LogP contribution in [0.4, 0.5) is 0 Å². The number of carbonyl (C=O) groups is 3. The topological polar surface area (TPSA) is 78.9 Å². The van der Waals surface area contributed by atoms with Crippen LogP contribution in [0.15, 0.2) is 72.9 Å². The summed E-state index contributed by atoms with van der Waals surface area (Å²) >= 11 is 0. The van der Waals surface area contributed by atoms with E-state index in [4.69, 9.17) is 14.2 Å². The number of carbonyl (C=O) groups excluding carboxylic acids is 3. The fraction of sp³-hybridized carbons (Fsp3) is 0.754. The Morgan fingerprint density at radius 1 is 0.299 bits per heavy atom. The van der Waals surface area contributed by atoms with Crippen LogP contribution in [0.25, 0.3) is 0 Å². The summed E-state index contributed by atoms with van der Waals surface area (Å²) in [5.41, 5.74) is 0. The van der Waals surface area contributed by atoms with Gasteiger partial charge < -0.3 is 14.2 Å². The Balaban J connectivity index is 4.24. The fourth-order valence-electron chi connectivity index (χ4n) is 7.87. The highest BCUT2D eigenvalue weighted by molar-refractivity contribution is 5.71. The molecule has 1 atom stereocenters. The van der Waals surface area contributed by atoms with Crippen molar-refractivity contribution in [2.24, 2.45) is 0 Å². The van der Waals surface area contributed by atoms with Crippen molar-refractivity contribution in [3.05, 3.63) is 72.9 Å². The van der Waals surface area contributed by atoms with Crippen molar-refractivity contribution >= 4 is 17.9 Å². The summed E-state index contributed by atoms with van der Waals surface area (Å²) in [6.45, 7) is 6.55. The van der Waals surface area contributed by atoms with Gasteiger partial charge in [0.1, 0.15) is 13.2 Å². The molecule has 386 valence electrons. The number of hydrogen-bond acceptors (Lipinski definition) is 6. The zero-order valence-corrected chi connectivity index (χ0v) is 44.2. The smallest absolute Gasteiger partial charge is 0.306 e. The van der Waals surface area contributed by atoms with E-state index in [1.807, 2.05) is 0 Å². The number of hydrogen-bond donors (Lipinski definition) is 0. The number of unbranched alkanes of at least 4 members (excludes halogenated alkanes) is 28. The van der Waals surface area contributed by atoms with E-state index in [1.54, 1.807) is 0 Å². The highest BCUT2D eigenvalue weighted by Gasteiger charge is 2.19. The number of esters is 3. The molecule has 0 saturated carbocycles. The molecule has 0 aromatic heterocycles. The first-order valence-corrected chi connectivity index (χ1v) is 28.4. The molecule has 67 heavy (non-hydrogen) atoms. The number of rotatable bonds is 51. The molecule has 0 aliphatic heterocycles. The van der Waals surface area contributed by atoms with Crippen molar-refractivity contribution in [3.63, 3.8) is 0 Å². The van der Waals surface area contributed by atoms with Gasteiger partial charge in [-0.05, 0) is 96.3 Å². The maximum Gasteiger partial charge on any atom is 0.306 e. The minimum absolute atomic E-state index is 0.0826. The second kappa shape index (κ2) is 55.4. The second-order valence-corrected chi connectivity index (χ2v) is 18.8. The molecule has 0 aliphatic rings. The molecule has 0 spiro atoms. The van der Waals surface area contributed by atoms with Crippen molar-refractivity contribution < 1.29 is 28.6 Å². The lowest BCUT2D eigenvalue weighted by atomic mass is 10.1. The lowest BCUT2D eigenvalue weighted by Crippen LogP contribution is -2.30. The van der Waals surface area contributed by atoms with E-state index >= 15 is 0 Å². The van der Waals surface area contributed by atoms with Gasteiger partial charge in [-0.2, -0.15) is 0 Å². The third kappa shape index (κ3) is 53.7. The van der Waals surface area contributed by atoms with Crippen molar-refractivity contribution in [1.29, 1.82) is 0 Å². The first kappa shape index (κ1) is 63.8. The summed E-state index contributed by atoms with van der Waals surface area (Å²) in [5.74, 6) is -0.904. The highest BCUT2D eigenvalue weighted by atomic mass is 16.6. The largest absolute Gasteiger partial charge is 0.462 e. The molecular formula is C61H106O6. The number of ether oxygens (including phenoxy) is 3. The first-order chi connectivity index (χ1) is 33.0. The first-order valence-electron chi connectivity index (χ1n) is 28.4. The predicted octanol–water partition coefficient (Wildman–Crippen LogP) is 19.0. The molecule has 0 radical (unpaired) electrons. The summed E-state index contributed by atoms with van der Waals surface area (Å²) in [6.07, 6.45) is 70.5. The molecule has 0 amide bonds. The van der Waals surface area contributed by atoms with Gasteiger partial charge in [0, 0.05) is 19.3 Å². The summed E-state index contributed by atoms with van der Waals surface area (Å²) in [6, 6.07) is 0. The van der Waals surface area contributed by atoms with Crippen LogP contribution >= 0.6 is 0 Å². The number of allylic oxidation sites excluding steroid dienone is 12. The van der Waals surface area contributed by atoms with Gasteiger partial charge in [0.25, 0.3) is 0 Å². The molecule has 0 aromatic rings. The zero-order chi connectivity index (χ0) is 48.6. The molecular weight excluding hydrogens is 829 g/mol. The van der Waals surface area contributed by atoms with Crippen LogP contribution in [-0.2, 0) is 28.6 Å². The van der Waals surface area contributed by atoms with Crippen molar-refractivity contribution in [3.8, 4) is 0 Å². The molecule has 0 bridgehead atoms. The summed E-state index contributed by atoms with van der Waals surface area (Å²) in [7, 11) is 0. The molecule has 0 aliphatic carbocycles. The van der Waals surface area contributed by atoms with Crippen LogP contribution in [0.1, 0.15) is 278 Å². The zero-order valence-electron chi connectivity index (χ0n) is 44.2. The maximum absolute atomic E-state index is 12.8. The van der Waals surface area contributed by atoms with Gasteiger partial charge in [0.05, 0.1) is 0 Å². The van der Waals surface area contributed by atoms with E-state index in [0.717, 1.165) is 103 Å². The van der Waals surface area contributed by atoms with Gasteiger partial charge in [0.2, 0.25) is 0 Å². The Hall–Kier alpha value is -3.15. The summed E-state index contributed by atoms with van der Waals surface area (Å²) < 4.78 is 16.8. The van der Waals surface area contributed by atoms with Crippen LogP contribution in [-0.4, -0.2) is 37.2 Å². The standard InChI is InChI=1S/C61H106O6/c1-4-7-10-13-16-18-20-22-24-26-28-29-30-31-33-34-36-38-40-42-45-48-51-54-60(63)66-57-58(56-65-59(62)53-50-47-44-15-12-9-6-3)67-61(64)55-52-49-46-43-41-39-37-35-32-27-25-23-21-19-17-14-11-8-5-2/h17,19-20,22-23,25-26,28,30-32,35,58H,4-16,18,21,24,27,29,33-34,36-57H2,1-3H3/b19-17-,22-20-,25-23-,28-26-,31-30-,35-32-. The Morgan fingerprint density at radius 3 is 0.866 bits per heavy atom. The Morgan fingerprint density at radius 2 is 0.537 bits per heavy atom. The molecule has 6 nitrogen and oxygen atoms in total. The van der Waals surface area contributed by atoms with Crippen molar-refractivity contribution in [2.75, 3.05) is 13.2 Å². The molecule has 0 saturated heterocycles. The average molecular weight is 936 g/mol. The third-order valence-electron chi connectivity index (χ3n) is 12.2. The van der Waals surface area contributed by atoms with Crippen LogP contribution in [0, 0.1) is 0 Å². The Bertz CT molecular complexity index is 1260. The van der Waals surface area contributed by atoms with Gasteiger partial charge in [-0.25, -0.2) is 0 Å². The quantitative estimate of drug-likeness (QED) is 0.0262. The van der Waals surface area contributed by atoms with Crippen molar-refractivity contribution in [1.82, 2.24) is 0 Å². The highest BCUT2D eigenvalue weighted by Crippen LogP contribution is 2.15. The van der Waals surface area contributed by atoms with E-state index < -0.39 is 6.10 Å². The van der Waals surface area contributed by atoms with E-state index in [0.29, 0.717) is 19.3 Å². The van der Waals surface area contributed by atoms with Crippen LogP contribution in [0.3, 0.4) is 0 Å².